The van der Waals surface area contributed by atoms with E-state index in [0.29, 0.717) is 22.0 Å². The fraction of sp³-hybridized carbons (Fsp3) is 0.278. The molecule has 1 aliphatic heterocycles. The molecule has 5 nitrogen and oxygen atoms in total. The third kappa shape index (κ3) is 3.74. The number of nitrogens with zero attached hydrogens (tertiary/aromatic N) is 2. The SMILES string of the molecule is O=C(Nc1ccc(C(=O)N2CCCCC2)c(Cl)c1)c1ccccn1. The minimum atomic E-state index is -0.318. The zero-order valence-corrected chi connectivity index (χ0v) is 13.9. The molecule has 0 atom stereocenters. The Labute approximate surface area is 145 Å². The number of likely N-dealkylation sites (tertiary alicyclic amines) is 1. The molecule has 1 fully saturated rings. The van der Waals surface area contributed by atoms with E-state index < -0.39 is 0 Å². The Hall–Kier alpha value is -2.40. The summed E-state index contributed by atoms with van der Waals surface area (Å²) in [4.78, 5) is 30.4. The van der Waals surface area contributed by atoms with E-state index in [1.807, 2.05) is 4.90 Å². The highest BCUT2D eigenvalue weighted by molar-refractivity contribution is 6.34. The van der Waals surface area contributed by atoms with Crippen LogP contribution in [-0.2, 0) is 0 Å². The third-order valence-electron chi connectivity index (χ3n) is 4.00. The number of nitrogens with one attached hydrogen (secondary N) is 1. The molecule has 6 heteroatoms. The van der Waals surface area contributed by atoms with Gasteiger partial charge in [0.25, 0.3) is 11.8 Å². The van der Waals surface area contributed by atoms with E-state index in [2.05, 4.69) is 10.3 Å². The first-order chi connectivity index (χ1) is 11.6. The zero-order valence-electron chi connectivity index (χ0n) is 13.2. The molecule has 0 bridgehead atoms. The van der Waals surface area contributed by atoms with Crippen molar-refractivity contribution >= 4 is 29.1 Å². The van der Waals surface area contributed by atoms with Crippen molar-refractivity contribution in [1.82, 2.24) is 9.88 Å². The van der Waals surface area contributed by atoms with E-state index in [1.165, 1.54) is 0 Å². The molecule has 2 amide bonds. The molecule has 1 aliphatic rings. The summed E-state index contributed by atoms with van der Waals surface area (Å²) in [7, 11) is 0. The number of benzene rings is 1. The second-order valence-electron chi connectivity index (χ2n) is 5.72. The molecule has 0 aliphatic carbocycles. The van der Waals surface area contributed by atoms with Gasteiger partial charge in [-0.25, -0.2) is 0 Å². The number of rotatable bonds is 3. The van der Waals surface area contributed by atoms with Crippen molar-refractivity contribution in [3.63, 3.8) is 0 Å². The quantitative estimate of drug-likeness (QED) is 0.926. The molecule has 0 saturated carbocycles. The van der Waals surface area contributed by atoms with Crippen molar-refractivity contribution in [3.8, 4) is 0 Å². The van der Waals surface area contributed by atoms with Crippen LogP contribution in [0.4, 0.5) is 5.69 Å². The summed E-state index contributed by atoms with van der Waals surface area (Å²) in [5, 5.41) is 3.07. The molecule has 2 heterocycles. The maximum absolute atomic E-state index is 12.5. The average molecular weight is 344 g/mol. The number of amides is 2. The molecule has 0 unspecified atom stereocenters. The fourth-order valence-corrected chi connectivity index (χ4v) is 2.99. The van der Waals surface area contributed by atoms with Gasteiger partial charge in [-0.3, -0.25) is 14.6 Å². The van der Waals surface area contributed by atoms with Gasteiger partial charge in [-0.1, -0.05) is 17.7 Å². The number of halogens is 1. The van der Waals surface area contributed by atoms with Crippen LogP contribution in [0.3, 0.4) is 0 Å². The van der Waals surface area contributed by atoms with Crippen molar-refractivity contribution in [1.29, 1.82) is 0 Å². The number of pyridine rings is 1. The predicted molar refractivity (Wildman–Crippen MR) is 93.4 cm³/mol. The summed E-state index contributed by atoms with van der Waals surface area (Å²) >= 11 is 6.26. The number of piperidine rings is 1. The summed E-state index contributed by atoms with van der Waals surface area (Å²) in [6, 6.07) is 10.1. The molecule has 124 valence electrons. The van der Waals surface area contributed by atoms with Gasteiger partial charge in [-0.15, -0.1) is 0 Å². The Morgan fingerprint density at radius 1 is 1.08 bits per heavy atom. The highest BCUT2D eigenvalue weighted by atomic mass is 35.5. The van der Waals surface area contributed by atoms with Crippen molar-refractivity contribution < 1.29 is 9.59 Å². The first-order valence-electron chi connectivity index (χ1n) is 7.96. The van der Waals surface area contributed by atoms with Crippen molar-refractivity contribution in [3.05, 3.63) is 58.9 Å². The highest BCUT2D eigenvalue weighted by Crippen LogP contribution is 2.24. The summed E-state index contributed by atoms with van der Waals surface area (Å²) < 4.78 is 0. The topological polar surface area (TPSA) is 62.3 Å². The lowest BCUT2D eigenvalue weighted by molar-refractivity contribution is 0.0724. The number of anilines is 1. The molecule has 1 aromatic heterocycles. The van der Waals surface area contributed by atoms with Crippen molar-refractivity contribution in [2.24, 2.45) is 0 Å². The van der Waals surface area contributed by atoms with Gasteiger partial charge in [0.05, 0.1) is 10.6 Å². The van der Waals surface area contributed by atoms with Gasteiger partial charge in [-0.05, 0) is 49.6 Å². The smallest absolute Gasteiger partial charge is 0.274 e. The number of carbonyl (C=O) groups is 2. The van der Waals surface area contributed by atoms with E-state index >= 15 is 0 Å². The molecule has 0 spiro atoms. The van der Waals surface area contributed by atoms with Gasteiger partial charge in [-0.2, -0.15) is 0 Å². The molecule has 1 aromatic carbocycles. The minimum absolute atomic E-state index is 0.0534. The summed E-state index contributed by atoms with van der Waals surface area (Å²) in [6.07, 6.45) is 4.78. The Morgan fingerprint density at radius 2 is 1.88 bits per heavy atom. The summed E-state index contributed by atoms with van der Waals surface area (Å²) in [5.74, 6) is -0.371. The van der Waals surface area contributed by atoms with Gasteiger partial charge in [0.15, 0.2) is 0 Å². The second kappa shape index (κ2) is 7.45. The lowest BCUT2D eigenvalue weighted by Crippen LogP contribution is -2.35. The van der Waals surface area contributed by atoms with Crippen LogP contribution in [0.25, 0.3) is 0 Å². The normalized spacial score (nSPS) is 14.3. The lowest BCUT2D eigenvalue weighted by atomic mass is 10.1. The predicted octanol–water partition coefficient (Wildman–Crippen LogP) is 3.61. The lowest BCUT2D eigenvalue weighted by Gasteiger charge is -2.27. The number of hydrogen-bond acceptors (Lipinski definition) is 3. The third-order valence-corrected chi connectivity index (χ3v) is 4.31. The van der Waals surface area contributed by atoms with Gasteiger partial charge >= 0.3 is 0 Å². The highest BCUT2D eigenvalue weighted by Gasteiger charge is 2.20. The van der Waals surface area contributed by atoms with Crippen LogP contribution >= 0.6 is 11.6 Å². The van der Waals surface area contributed by atoms with E-state index in [-0.39, 0.29) is 11.8 Å². The summed E-state index contributed by atoms with van der Waals surface area (Å²) in [6.45, 7) is 1.54. The molecule has 24 heavy (non-hydrogen) atoms. The maximum Gasteiger partial charge on any atom is 0.274 e. The van der Waals surface area contributed by atoms with E-state index in [0.717, 1.165) is 32.4 Å². The Balaban J connectivity index is 1.72. The fourth-order valence-electron chi connectivity index (χ4n) is 2.73. The zero-order chi connectivity index (χ0) is 16.9. The van der Waals surface area contributed by atoms with Crippen LogP contribution in [-0.4, -0.2) is 34.8 Å². The minimum Gasteiger partial charge on any atom is -0.339 e. The standard InChI is InChI=1S/C18H18ClN3O2/c19-15-12-13(21-17(23)16-6-2-3-9-20-16)7-8-14(15)18(24)22-10-4-1-5-11-22/h2-3,6-9,12H,1,4-5,10-11H2,(H,21,23). The largest absolute Gasteiger partial charge is 0.339 e. The average Bonchev–Trinajstić information content (AvgIpc) is 2.63. The van der Waals surface area contributed by atoms with Crippen LogP contribution in [0.1, 0.15) is 40.1 Å². The van der Waals surface area contributed by atoms with Crippen LogP contribution in [0.15, 0.2) is 42.6 Å². The molecular weight excluding hydrogens is 326 g/mol. The van der Waals surface area contributed by atoms with Crippen LogP contribution < -0.4 is 5.32 Å². The monoisotopic (exact) mass is 343 g/mol. The second-order valence-corrected chi connectivity index (χ2v) is 6.12. The van der Waals surface area contributed by atoms with Gasteiger partial charge in [0.1, 0.15) is 5.69 Å². The van der Waals surface area contributed by atoms with Gasteiger partial charge in [0, 0.05) is 25.0 Å². The number of hydrogen-bond donors (Lipinski definition) is 1. The first kappa shape index (κ1) is 16.5. The number of aromatic nitrogens is 1. The van der Waals surface area contributed by atoms with Crippen LogP contribution in [0.2, 0.25) is 5.02 Å². The first-order valence-corrected chi connectivity index (χ1v) is 8.34. The van der Waals surface area contributed by atoms with Crippen molar-refractivity contribution in [2.75, 3.05) is 18.4 Å². The van der Waals surface area contributed by atoms with Crippen LogP contribution in [0.5, 0.6) is 0 Å². The van der Waals surface area contributed by atoms with Crippen molar-refractivity contribution in [2.45, 2.75) is 19.3 Å². The Bertz CT molecular complexity index is 743. The molecule has 0 radical (unpaired) electrons. The molecule has 1 saturated heterocycles. The Kier molecular flexibility index (Phi) is 5.11. The Morgan fingerprint density at radius 3 is 2.54 bits per heavy atom. The maximum atomic E-state index is 12.5. The molecule has 1 N–H and O–H groups in total. The molecular formula is C18H18ClN3O2. The van der Waals surface area contributed by atoms with Gasteiger partial charge < -0.3 is 10.2 Å². The number of carbonyl (C=O) groups excluding carboxylic acids is 2. The van der Waals surface area contributed by atoms with E-state index in [4.69, 9.17) is 11.6 Å². The van der Waals surface area contributed by atoms with Gasteiger partial charge in [0.2, 0.25) is 0 Å². The van der Waals surface area contributed by atoms with Crippen LogP contribution in [0, 0.1) is 0 Å². The summed E-state index contributed by atoms with van der Waals surface area (Å²) in [5.41, 5.74) is 1.32. The molecule has 2 aromatic rings. The van der Waals surface area contributed by atoms with E-state index in [1.54, 1.807) is 42.6 Å². The molecule has 3 rings (SSSR count). The van der Waals surface area contributed by atoms with E-state index in [9.17, 15) is 9.59 Å².